The van der Waals surface area contributed by atoms with Gasteiger partial charge in [0.05, 0.1) is 19.9 Å². The second-order valence-electron chi connectivity index (χ2n) is 6.59. The number of hydrogen-bond acceptors (Lipinski definition) is 5. The fraction of sp³-hybridized carbons (Fsp3) is 0.350. The molecule has 2 aromatic rings. The standard InChI is InChI=1S/C20H24N4O4/c1-13-9-19(23(2)22-13)24-8-7-17(20(24)26)21-18(25)6-5-14-10-15(27-3)12-16(11-14)28-4/h5-6,9-12,17H,7-8H2,1-4H3,(H,21,25)/b6-5+. The lowest BCUT2D eigenvalue weighted by molar-refractivity contribution is -0.123. The Labute approximate surface area is 163 Å². The van der Waals surface area contributed by atoms with Crippen LogP contribution in [0.3, 0.4) is 0 Å². The topological polar surface area (TPSA) is 85.7 Å². The van der Waals surface area contributed by atoms with Crippen LogP contribution in [-0.2, 0) is 16.6 Å². The van der Waals surface area contributed by atoms with E-state index in [2.05, 4.69) is 10.4 Å². The molecular formula is C20H24N4O4. The highest BCUT2D eigenvalue weighted by molar-refractivity contribution is 6.02. The minimum Gasteiger partial charge on any atom is -0.497 e. The van der Waals surface area contributed by atoms with Crippen molar-refractivity contribution in [2.24, 2.45) is 7.05 Å². The lowest BCUT2D eigenvalue weighted by atomic mass is 10.2. The number of benzene rings is 1. The van der Waals surface area contributed by atoms with Crippen molar-refractivity contribution in [1.82, 2.24) is 15.1 Å². The molecule has 1 aromatic carbocycles. The molecule has 2 amide bonds. The van der Waals surface area contributed by atoms with E-state index in [1.165, 1.54) is 6.08 Å². The van der Waals surface area contributed by atoms with Gasteiger partial charge in [-0.25, -0.2) is 0 Å². The summed E-state index contributed by atoms with van der Waals surface area (Å²) in [6.45, 7) is 2.42. The van der Waals surface area contributed by atoms with Crippen LogP contribution in [0.1, 0.15) is 17.7 Å². The van der Waals surface area contributed by atoms with Crippen molar-refractivity contribution in [3.8, 4) is 11.5 Å². The molecule has 0 bridgehead atoms. The number of rotatable bonds is 6. The van der Waals surface area contributed by atoms with Gasteiger partial charge in [-0.3, -0.25) is 19.2 Å². The Balaban J connectivity index is 1.65. The number of nitrogens with zero attached hydrogens (tertiary/aromatic N) is 3. The van der Waals surface area contributed by atoms with E-state index in [0.717, 1.165) is 17.1 Å². The van der Waals surface area contributed by atoms with E-state index in [0.29, 0.717) is 24.5 Å². The molecule has 3 rings (SSSR count). The maximum atomic E-state index is 12.7. The third-order valence-corrected chi connectivity index (χ3v) is 4.58. The summed E-state index contributed by atoms with van der Waals surface area (Å²) in [5, 5.41) is 7.04. The van der Waals surface area contributed by atoms with Crippen molar-refractivity contribution >= 4 is 23.7 Å². The zero-order valence-electron chi connectivity index (χ0n) is 16.4. The van der Waals surface area contributed by atoms with Crippen molar-refractivity contribution < 1.29 is 19.1 Å². The number of carbonyl (C=O) groups is 2. The van der Waals surface area contributed by atoms with Gasteiger partial charge in [-0.1, -0.05) is 0 Å². The first-order chi connectivity index (χ1) is 13.4. The molecule has 0 radical (unpaired) electrons. The van der Waals surface area contributed by atoms with Crippen LogP contribution < -0.4 is 19.7 Å². The molecule has 0 saturated carbocycles. The normalized spacial score (nSPS) is 16.6. The smallest absolute Gasteiger partial charge is 0.250 e. The summed E-state index contributed by atoms with van der Waals surface area (Å²) < 4.78 is 12.1. The van der Waals surface area contributed by atoms with Crippen LogP contribution >= 0.6 is 0 Å². The van der Waals surface area contributed by atoms with E-state index in [9.17, 15) is 9.59 Å². The number of aryl methyl sites for hydroxylation is 2. The van der Waals surface area contributed by atoms with Crippen LogP contribution in [0.4, 0.5) is 5.82 Å². The quantitative estimate of drug-likeness (QED) is 0.766. The molecule has 148 valence electrons. The second kappa shape index (κ2) is 8.16. The zero-order valence-corrected chi connectivity index (χ0v) is 16.4. The molecule has 1 unspecified atom stereocenters. The summed E-state index contributed by atoms with van der Waals surface area (Å²) in [4.78, 5) is 26.6. The molecule has 1 fully saturated rings. The molecule has 8 nitrogen and oxygen atoms in total. The summed E-state index contributed by atoms with van der Waals surface area (Å²) in [7, 11) is 4.93. The average molecular weight is 384 g/mol. The van der Waals surface area contributed by atoms with E-state index in [1.807, 2.05) is 13.0 Å². The van der Waals surface area contributed by atoms with Crippen molar-refractivity contribution in [2.45, 2.75) is 19.4 Å². The van der Waals surface area contributed by atoms with Gasteiger partial charge in [0, 0.05) is 31.8 Å². The highest BCUT2D eigenvalue weighted by atomic mass is 16.5. The molecule has 2 heterocycles. The largest absolute Gasteiger partial charge is 0.497 e. The van der Waals surface area contributed by atoms with Gasteiger partial charge in [0.25, 0.3) is 5.91 Å². The molecule has 1 N–H and O–H groups in total. The Morgan fingerprint density at radius 3 is 2.46 bits per heavy atom. The number of amides is 2. The molecule has 8 heteroatoms. The third kappa shape index (κ3) is 4.16. The van der Waals surface area contributed by atoms with Crippen molar-refractivity contribution in [1.29, 1.82) is 0 Å². The highest BCUT2D eigenvalue weighted by Gasteiger charge is 2.34. The van der Waals surface area contributed by atoms with Crippen LogP contribution in [0.15, 0.2) is 30.3 Å². The maximum absolute atomic E-state index is 12.7. The lowest BCUT2D eigenvalue weighted by Crippen LogP contribution is -2.41. The van der Waals surface area contributed by atoms with Gasteiger partial charge in [0.2, 0.25) is 5.91 Å². The van der Waals surface area contributed by atoms with E-state index in [4.69, 9.17) is 9.47 Å². The Morgan fingerprint density at radius 2 is 1.89 bits per heavy atom. The van der Waals surface area contributed by atoms with E-state index in [1.54, 1.807) is 55.1 Å². The van der Waals surface area contributed by atoms with Crippen molar-refractivity contribution in [3.05, 3.63) is 41.6 Å². The zero-order chi connectivity index (χ0) is 20.3. The minimum absolute atomic E-state index is 0.132. The van der Waals surface area contributed by atoms with Crippen molar-refractivity contribution in [3.63, 3.8) is 0 Å². The highest BCUT2D eigenvalue weighted by Crippen LogP contribution is 2.24. The Kier molecular flexibility index (Phi) is 5.67. The van der Waals surface area contributed by atoms with Crippen molar-refractivity contribution in [2.75, 3.05) is 25.7 Å². The van der Waals surface area contributed by atoms with Crippen LogP contribution in [0.2, 0.25) is 0 Å². The number of hydrogen-bond donors (Lipinski definition) is 1. The first kappa shape index (κ1) is 19.5. The lowest BCUT2D eigenvalue weighted by Gasteiger charge is -2.16. The second-order valence-corrected chi connectivity index (χ2v) is 6.59. The van der Waals surface area contributed by atoms with Crippen LogP contribution in [-0.4, -0.2) is 48.4 Å². The van der Waals surface area contributed by atoms with Crippen LogP contribution in [0, 0.1) is 6.92 Å². The molecule has 1 aliphatic heterocycles. The predicted molar refractivity (Wildman–Crippen MR) is 105 cm³/mol. The molecule has 1 aromatic heterocycles. The van der Waals surface area contributed by atoms with E-state index >= 15 is 0 Å². The summed E-state index contributed by atoms with van der Waals surface area (Å²) in [6, 6.07) is 6.65. The van der Waals surface area contributed by atoms with E-state index < -0.39 is 6.04 Å². The monoisotopic (exact) mass is 384 g/mol. The molecule has 1 saturated heterocycles. The van der Waals surface area contributed by atoms with Crippen LogP contribution in [0.5, 0.6) is 11.5 Å². The summed E-state index contributed by atoms with van der Waals surface area (Å²) in [5.74, 6) is 1.54. The minimum atomic E-state index is -0.549. The van der Waals surface area contributed by atoms with Gasteiger partial charge < -0.3 is 14.8 Å². The Hall–Kier alpha value is -3.29. The number of anilines is 1. The van der Waals surface area contributed by atoms with Gasteiger partial charge in [0.1, 0.15) is 23.4 Å². The molecular weight excluding hydrogens is 360 g/mol. The van der Waals surface area contributed by atoms with Gasteiger partial charge in [-0.15, -0.1) is 0 Å². The molecule has 1 atom stereocenters. The van der Waals surface area contributed by atoms with Gasteiger partial charge in [-0.2, -0.15) is 5.10 Å². The molecule has 0 spiro atoms. The molecule has 1 aliphatic rings. The number of aromatic nitrogens is 2. The Bertz CT molecular complexity index is 897. The number of nitrogens with one attached hydrogen (secondary N) is 1. The number of ether oxygens (including phenoxy) is 2. The molecule has 0 aliphatic carbocycles. The third-order valence-electron chi connectivity index (χ3n) is 4.58. The van der Waals surface area contributed by atoms with Gasteiger partial charge in [0.15, 0.2) is 0 Å². The number of carbonyl (C=O) groups excluding carboxylic acids is 2. The summed E-state index contributed by atoms with van der Waals surface area (Å²) in [6.07, 6.45) is 3.61. The predicted octanol–water partition coefficient (Wildman–Crippen LogP) is 1.68. The average Bonchev–Trinajstić information content (AvgIpc) is 3.20. The SMILES string of the molecule is COc1cc(/C=C/C(=O)NC2CCN(c3cc(C)nn3C)C2=O)cc(OC)c1. The van der Waals surface area contributed by atoms with E-state index in [-0.39, 0.29) is 11.8 Å². The summed E-state index contributed by atoms with van der Waals surface area (Å²) >= 11 is 0. The maximum Gasteiger partial charge on any atom is 0.250 e. The summed E-state index contributed by atoms with van der Waals surface area (Å²) in [5.41, 5.74) is 1.60. The number of methoxy groups -OCH3 is 2. The van der Waals surface area contributed by atoms with Gasteiger partial charge in [-0.05, 0) is 37.1 Å². The molecule has 28 heavy (non-hydrogen) atoms. The fourth-order valence-corrected chi connectivity index (χ4v) is 3.21. The van der Waals surface area contributed by atoms with Crippen LogP contribution in [0.25, 0.3) is 6.08 Å². The Morgan fingerprint density at radius 1 is 1.21 bits per heavy atom. The van der Waals surface area contributed by atoms with Gasteiger partial charge >= 0.3 is 0 Å². The first-order valence-corrected chi connectivity index (χ1v) is 8.95. The fourth-order valence-electron chi connectivity index (χ4n) is 3.21. The first-order valence-electron chi connectivity index (χ1n) is 8.95.